The van der Waals surface area contributed by atoms with Crippen LogP contribution in [0.25, 0.3) is 0 Å². The Morgan fingerprint density at radius 1 is 1.17 bits per heavy atom. The van der Waals surface area contributed by atoms with Crippen molar-refractivity contribution < 1.29 is 19.4 Å². The third-order valence-corrected chi connectivity index (χ3v) is 3.22. The Hall–Kier alpha value is -0.940. The number of ether oxygens (including phenoxy) is 1. The number of aliphatic hydroxyl groups excluding tert-OH is 1. The van der Waals surface area contributed by atoms with E-state index in [1.165, 1.54) is 0 Å². The maximum absolute atomic E-state index is 11.8. The second kappa shape index (κ2) is 6.29. The quantitative estimate of drug-likeness (QED) is 0.710. The number of carbonyl (C=O) groups is 2. The van der Waals surface area contributed by atoms with E-state index < -0.39 is 6.10 Å². The standard InChI is InChI=1S/C13H23NO4/c1-8(2)6-18-7-11(15)5-14-12(16)9(3)10(4)13(14)17/h8-11,15H,5-7H2,1-4H3/t9-,10+,11-/m0/s1. The van der Waals surface area contributed by atoms with Gasteiger partial charge in [-0.15, -0.1) is 0 Å². The molecule has 3 atom stereocenters. The highest BCUT2D eigenvalue weighted by Crippen LogP contribution is 2.25. The lowest BCUT2D eigenvalue weighted by Gasteiger charge is -2.19. The summed E-state index contributed by atoms with van der Waals surface area (Å²) in [4.78, 5) is 24.7. The van der Waals surface area contributed by atoms with Crippen molar-refractivity contribution in [1.82, 2.24) is 4.90 Å². The highest BCUT2D eigenvalue weighted by molar-refractivity contribution is 6.04. The zero-order valence-electron chi connectivity index (χ0n) is 11.5. The van der Waals surface area contributed by atoms with Crippen LogP contribution < -0.4 is 0 Å². The molecule has 5 heteroatoms. The highest BCUT2D eigenvalue weighted by atomic mass is 16.5. The molecule has 1 saturated heterocycles. The van der Waals surface area contributed by atoms with Gasteiger partial charge in [-0.1, -0.05) is 27.7 Å². The zero-order chi connectivity index (χ0) is 13.9. The molecule has 18 heavy (non-hydrogen) atoms. The van der Waals surface area contributed by atoms with E-state index in [2.05, 4.69) is 0 Å². The lowest BCUT2D eigenvalue weighted by Crippen LogP contribution is -2.39. The van der Waals surface area contributed by atoms with Crippen LogP contribution in [0.5, 0.6) is 0 Å². The van der Waals surface area contributed by atoms with Crippen molar-refractivity contribution >= 4 is 11.8 Å². The van der Waals surface area contributed by atoms with Gasteiger partial charge in [-0.25, -0.2) is 0 Å². The Morgan fingerprint density at radius 3 is 2.11 bits per heavy atom. The molecule has 0 unspecified atom stereocenters. The number of β-amino-alcohol motifs (C(OH)–C–C–N with tert-alkyl or cyclic N) is 1. The van der Waals surface area contributed by atoms with Crippen LogP contribution >= 0.6 is 0 Å². The molecule has 0 bridgehead atoms. The molecule has 0 aromatic rings. The van der Waals surface area contributed by atoms with Gasteiger partial charge in [-0.3, -0.25) is 14.5 Å². The number of hydrogen-bond acceptors (Lipinski definition) is 4. The predicted octanol–water partition coefficient (Wildman–Crippen LogP) is 0.661. The molecule has 1 aliphatic rings. The van der Waals surface area contributed by atoms with Crippen LogP contribution in [0.2, 0.25) is 0 Å². The molecular formula is C13H23NO4. The molecule has 0 spiro atoms. The van der Waals surface area contributed by atoms with Crippen molar-refractivity contribution in [3.05, 3.63) is 0 Å². The molecule has 0 aromatic heterocycles. The minimum absolute atomic E-state index is 0.0322. The van der Waals surface area contributed by atoms with Crippen LogP contribution in [0.1, 0.15) is 27.7 Å². The summed E-state index contributed by atoms with van der Waals surface area (Å²) >= 11 is 0. The van der Waals surface area contributed by atoms with E-state index >= 15 is 0 Å². The van der Waals surface area contributed by atoms with Crippen LogP contribution in [0.15, 0.2) is 0 Å². The van der Waals surface area contributed by atoms with Crippen molar-refractivity contribution in [3.8, 4) is 0 Å². The Morgan fingerprint density at radius 2 is 1.67 bits per heavy atom. The van der Waals surface area contributed by atoms with Crippen molar-refractivity contribution in [3.63, 3.8) is 0 Å². The Kier molecular flexibility index (Phi) is 5.28. The lowest BCUT2D eigenvalue weighted by atomic mass is 10.00. The van der Waals surface area contributed by atoms with E-state index in [0.717, 1.165) is 4.90 Å². The maximum Gasteiger partial charge on any atom is 0.232 e. The van der Waals surface area contributed by atoms with Gasteiger partial charge in [0.25, 0.3) is 0 Å². The number of nitrogens with zero attached hydrogens (tertiary/aromatic N) is 1. The minimum atomic E-state index is -0.811. The summed E-state index contributed by atoms with van der Waals surface area (Å²) in [5.74, 6) is -0.583. The average Bonchev–Trinajstić information content (AvgIpc) is 2.46. The van der Waals surface area contributed by atoms with Crippen LogP contribution in [-0.4, -0.2) is 47.7 Å². The van der Waals surface area contributed by atoms with E-state index in [-0.39, 0.29) is 36.8 Å². The van der Waals surface area contributed by atoms with Gasteiger partial charge in [-0.05, 0) is 5.92 Å². The van der Waals surface area contributed by atoms with E-state index in [1.807, 2.05) is 13.8 Å². The summed E-state index contributed by atoms with van der Waals surface area (Å²) in [7, 11) is 0. The Bertz CT molecular complexity index is 296. The summed E-state index contributed by atoms with van der Waals surface area (Å²) < 4.78 is 5.29. The molecule has 1 N–H and O–H groups in total. The first-order valence-corrected chi connectivity index (χ1v) is 6.45. The second-order valence-electron chi connectivity index (χ2n) is 5.45. The number of hydrogen-bond donors (Lipinski definition) is 1. The molecule has 0 aromatic carbocycles. The van der Waals surface area contributed by atoms with Crippen molar-refractivity contribution in [2.75, 3.05) is 19.8 Å². The van der Waals surface area contributed by atoms with E-state index in [4.69, 9.17) is 4.74 Å². The fourth-order valence-electron chi connectivity index (χ4n) is 1.91. The van der Waals surface area contributed by atoms with Crippen molar-refractivity contribution in [2.24, 2.45) is 17.8 Å². The molecule has 104 valence electrons. The SMILES string of the molecule is CC(C)COC[C@@H](O)CN1C(=O)[C@@H](C)[C@@H](C)C1=O. The summed E-state index contributed by atoms with van der Waals surface area (Å²) in [6.45, 7) is 8.26. The smallest absolute Gasteiger partial charge is 0.232 e. The summed E-state index contributed by atoms with van der Waals surface area (Å²) in [6, 6.07) is 0. The summed E-state index contributed by atoms with van der Waals surface area (Å²) in [5, 5.41) is 9.76. The zero-order valence-corrected chi connectivity index (χ0v) is 11.5. The van der Waals surface area contributed by atoms with Gasteiger partial charge in [-0.2, -0.15) is 0 Å². The van der Waals surface area contributed by atoms with Crippen LogP contribution in [0.4, 0.5) is 0 Å². The average molecular weight is 257 g/mol. The van der Waals surface area contributed by atoms with Gasteiger partial charge in [0.05, 0.1) is 19.3 Å². The van der Waals surface area contributed by atoms with Gasteiger partial charge >= 0.3 is 0 Å². The van der Waals surface area contributed by atoms with Gasteiger partial charge < -0.3 is 9.84 Å². The van der Waals surface area contributed by atoms with Gasteiger partial charge in [0, 0.05) is 18.4 Å². The summed E-state index contributed by atoms with van der Waals surface area (Å²) in [5.41, 5.74) is 0. The first-order valence-electron chi connectivity index (χ1n) is 6.45. The fraction of sp³-hybridized carbons (Fsp3) is 0.846. The highest BCUT2D eigenvalue weighted by Gasteiger charge is 2.42. The van der Waals surface area contributed by atoms with Gasteiger partial charge in [0.15, 0.2) is 0 Å². The fourth-order valence-corrected chi connectivity index (χ4v) is 1.91. The van der Waals surface area contributed by atoms with Gasteiger partial charge in [0.1, 0.15) is 0 Å². The molecule has 0 saturated carbocycles. The lowest BCUT2D eigenvalue weighted by molar-refractivity contribution is -0.142. The van der Waals surface area contributed by atoms with Gasteiger partial charge in [0.2, 0.25) is 11.8 Å². The van der Waals surface area contributed by atoms with Crippen LogP contribution in [-0.2, 0) is 14.3 Å². The topological polar surface area (TPSA) is 66.8 Å². The molecule has 5 nitrogen and oxygen atoms in total. The van der Waals surface area contributed by atoms with Crippen molar-refractivity contribution in [1.29, 1.82) is 0 Å². The molecular weight excluding hydrogens is 234 g/mol. The normalized spacial score (nSPS) is 26.2. The maximum atomic E-state index is 11.8. The molecule has 1 rings (SSSR count). The van der Waals surface area contributed by atoms with E-state index in [9.17, 15) is 14.7 Å². The first kappa shape index (κ1) is 15.1. The Labute approximate surface area is 108 Å². The molecule has 1 heterocycles. The van der Waals surface area contributed by atoms with Crippen LogP contribution in [0, 0.1) is 17.8 Å². The second-order valence-corrected chi connectivity index (χ2v) is 5.45. The number of aliphatic hydroxyl groups is 1. The number of carbonyl (C=O) groups excluding carboxylic acids is 2. The minimum Gasteiger partial charge on any atom is -0.389 e. The molecule has 1 fully saturated rings. The van der Waals surface area contributed by atoms with E-state index in [0.29, 0.717) is 12.5 Å². The third kappa shape index (κ3) is 3.53. The molecule has 0 radical (unpaired) electrons. The Balaban J connectivity index is 2.42. The number of rotatable bonds is 6. The van der Waals surface area contributed by atoms with Crippen LogP contribution in [0.3, 0.4) is 0 Å². The predicted molar refractivity (Wildman–Crippen MR) is 66.7 cm³/mol. The number of amides is 2. The van der Waals surface area contributed by atoms with Crippen molar-refractivity contribution in [2.45, 2.75) is 33.8 Å². The number of imide groups is 1. The largest absolute Gasteiger partial charge is 0.389 e. The molecule has 1 aliphatic heterocycles. The van der Waals surface area contributed by atoms with E-state index in [1.54, 1.807) is 13.8 Å². The third-order valence-electron chi connectivity index (χ3n) is 3.22. The monoisotopic (exact) mass is 257 g/mol. The first-order chi connectivity index (χ1) is 8.34. The number of likely N-dealkylation sites (tertiary alicyclic amines) is 1. The molecule has 2 amide bonds. The molecule has 0 aliphatic carbocycles. The summed E-state index contributed by atoms with van der Waals surface area (Å²) in [6.07, 6.45) is -0.811.